The van der Waals surface area contributed by atoms with Crippen LogP contribution in [0.3, 0.4) is 0 Å². The predicted octanol–water partition coefficient (Wildman–Crippen LogP) is 5.33. The molecule has 0 radical (unpaired) electrons. The molecule has 2 nitrogen and oxygen atoms in total. The second-order valence-electron chi connectivity index (χ2n) is 4.47. The van der Waals surface area contributed by atoms with E-state index in [9.17, 15) is 31.1 Å². The summed E-state index contributed by atoms with van der Waals surface area (Å²) in [5.74, 6) is -1.58. The fraction of sp³-hybridized carbons (Fsp3) is 0.133. The summed E-state index contributed by atoms with van der Waals surface area (Å²) in [4.78, 5) is 10.5. The predicted molar refractivity (Wildman–Crippen MR) is 68.3 cm³/mol. The van der Waals surface area contributed by atoms with Gasteiger partial charge in [0.2, 0.25) is 0 Å². The van der Waals surface area contributed by atoms with Gasteiger partial charge in [-0.15, -0.1) is 0 Å². The third-order valence-corrected chi connectivity index (χ3v) is 2.86. The quantitative estimate of drug-likeness (QED) is 0.560. The molecular weight excluding hydrogens is 326 g/mol. The van der Waals surface area contributed by atoms with Crippen LogP contribution in [0, 0.1) is 0 Å². The molecule has 0 spiro atoms. The molecule has 2 aromatic rings. The highest BCUT2D eigenvalue weighted by Crippen LogP contribution is 2.45. The highest BCUT2D eigenvalue weighted by molar-refractivity contribution is 5.74. The summed E-state index contributed by atoms with van der Waals surface area (Å²) in [6, 6.07) is 6.31. The molecule has 0 aliphatic rings. The Labute approximate surface area is 126 Å². The van der Waals surface area contributed by atoms with Gasteiger partial charge in [0, 0.05) is 5.56 Å². The average Bonchev–Trinajstić information content (AvgIpc) is 2.46. The van der Waals surface area contributed by atoms with Gasteiger partial charge in [-0.1, -0.05) is 6.07 Å². The number of hydrogen-bond acceptors (Lipinski definition) is 2. The van der Waals surface area contributed by atoms with E-state index in [1.165, 1.54) is 12.1 Å². The lowest BCUT2D eigenvalue weighted by molar-refractivity contribution is -0.144. The molecule has 0 fully saturated rings. The monoisotopic (exact) mass is 334 g/mol. The van der Waals surface area contributed by atoms with Gasteiger partial charge in [0.15, 0.2) is 5.75 Å². The van der Waals surface area contributed by atoms with Gasteiger partial charge >= 0.3 is 12.4 Å². The van der Waals surface area contributed by atoms with Crippen molar-refractivity contribution >= 4 is 6.29 Å². The number of rotatable bonds is 3. The van der Waals surface area contributed by atoms with E-state index < -0.39 is 29.2 Å². The smallest absolute Gasteiger partial charge is 0.420 e. The first kappa shape index (κ1) is 16.9. The Morgan fingerprint density at radius 1 is 0.783 bits per heavy atom. The van der Waals surface area contributed by atoms with Crippen molar-refractivity contribution in [2.24, 2.45) is 0 Å². The van der Waals surface area contributed by atoms with Gasteiger partial charge in [0.1, 0.15) is 12.0 Å². The van der Waals surface area contributed by atoms with Crippen molar-refractivity contribution in [2.45, 2.75) is 12.4 Å². The van der Waals surface area contributed by atoms with Crippen molar-refractivity contribution < 1.29 is 35.9 Å². The number of aldehydes is 1. The maximum Gasteiger partial charge on any atom is 0.420 e. The maximum absolute atomic E-state index is 12.9. The lowest BCUT2D eigenvalue weighted by Crippen LogP contribution is -2.13. The molecule has 2 rings (SSSR count). The number of halogens is 6. The van der Waals surface area contributed by atoms with Crippen LogP contribution in [0.4, 0.5) is 26.3 Å². The number of carbonyl (C=O) groups is 1. The Bertz CT molecular complexity index is 669. The number of alkyl halides is 6. The van der Waals surface area contributed by atoms with Crippen LogP contribution in [-0.4, -0.2) is 6.29 Å². The van der Waals surface area contributed by atoms with E-state index in [4.69, 9.17) is 4.74 Å². The van der Waals surface area contributed by atoms with Gasteiger partial charge < -0.3 is 4.74 Å². The Morgan fingerprint density at radius 3 is 1.65 bits per heavy atom. The zero-order valence-electron chi connectivity index (χ0n) is 11.2. The second-order valence-corrected chi connectivity index (χ2v) is 4.47. The van der Waals surface area contributed by atoms with Gasteiger partial charge in [-0.05, 0) is 36.4 Å². The van der Waals surface area contributed by atoms with Crippen LogP contribution < -0.4 is 4.74 Å². The molecule has 0 aromatic heterocycles. The first-order valence-electron chi connectivity index (χ1n) is 6.13. The average molecular weight is 334 g/mol. The third kappa shape index (κ3) is 3.82. The minimum atomic E-state index is -5.01. The molecule has 0 saturated carbocycles. The van der Waals surface area contributed by atoms with Gasteiger partial charge in [0.05, 0.1) is 11.1 Å². The van der Waals surface area contributed by atoms with E-state index in [1.54, 1.807) is 0 Å². The Hall–Kier alpha value is -2.51. The Balaban J connectivity index is 2.55. The van der Waals surface area contributed by atoms with Gasteiger partial charge in [-0.3, -0.25) is 4.79 Å². The van der Waals surface area contributed by atoms with Gasteiger partial charge in [0.25, 0.3) is 0 Å². The van der Waals surface area contributed by atoms with Crippen molar-refractivity contribution in [1.82, 2.24) is 0 Å². The molecule has 0 aliphatic heterocycles. The molecule has 0 heterocycles. The molecule has 23 heavy (non-hydrogen) atoms. The summed E-state index contributed by atoms with van der Waals surface area (Å²) in [7, 11) is 0. The maximum atomic E-state index is 12.9. The van der Waals surface area contributed by atoms with E-state index >= 15 is 0 Å². The highest BCUT2D eigenvalue weighted by Gasteiger charge is 2.42. The highest BCUT2D eigenvalue weighted by atomic mass is 19.4. The van der Waals surface area contributed by atoms with E-state index in [2.05, 4.69) is 0 Å². The molecular formula is C15H8F6O2. The molecule has 0 atom stereocenters. The summed E-state index contributed by atoms with van der Waals surface area (Å²) in [6.07, 6.45) is -9.55. The fourth-order valence-electron chi connectivity index (χ4n) is 1.83. The summed E-state index contributed by atoms with van der Waals surface area (Å²) < 4.78 is 82.5. The molecule has 2 aromatic carbocycles. The van der Waals surface area contributed by atoms with Crippen molar-refractivity contribution in [3.63, 3.8) is 0 Å². The lowest BCUT2D eigenvalue weighted by atomic mass is 10.1. The Morgan fingerprint density at radius 2 is 1.26 bits per heavy atom. The first-order chi connectivity index (χ1) is 10.6. The van der Waals surface area contributed by atoms with E-state index in [0.29, 0.717) is 24.5 Å². The molecule has 0 unspecified atom stereocenters. The molecule has 122 valence electrons. The molecule has 0 N–H and O–H groups in total. The number of carbonyl (C=O) groups excluding carboxylic acids is 1. The summed E-state index contributed by atoms with van der Waals surface area (Å²) >= 11 is 0. The van der Waals surface area contributed by atoms with Crippen molar-refractivity contribution in [3.8, 4) is 11.5 Å². The molecule has 0 bridgehead atoms. The summed E-state index contributed by atoms with van der Waals surface area (Å²) in [6.45, 7) is 0. The summed E-state index contributed by atoms with van der Waals surface area (Å²) in [5.41, 5.74) is -2.86. The van der Waals surface area contributed by atoms with Crippen LogP contribution >= 0.6 is 0 Å². The Kier molecular flexibility index (Phi) is 4.35. The molecule has 0 amide bonds. The van der Waals surface area contributed by atoms with E-state index in [1.807, 2.05) is 0 Å². The second kappa shape index (κ2) is 5.94. The molecule has 8 heteroatoms. The van der Waals surface area contributed by atoms with Gasteiger partial charge in [-0.2, -0.15) is 26.3 Å². The van der Waals surface area contributed by atoms with Crippen molar-refractivity contribution in [2.75, 3.05) is 0 Å². The fourth-order valence-corrected chi connectivity index (χ4v) is 1.83. The van der Waals surface area contributed by atoms with Crippen molar-refractivity contribution in [1.29, 1.82) is 0 Å². The molecule has 0 saturated heterocycles. The van der Waals surface area contributed by atoms with Crippen LogP contribution in [0.15, 0.2) is 42.5 Å². The third-order valence-electron chi connectivity index (χ3n) is 2.86. The van der Waals surface area contributed by atoms with E-state index in [-0.39, 0.29) is 11.3 Å². The first-order valence-corrected chi connectivity index (χ1v) is 6.13. The molecule has 0 aliphatic carbocycles. The van der Waals surface area contributed by atoms with E-state index in [0.717, 1.165) is 12.1 Å². The number of benzene rings is 2. The normalized spacial score (nSPS) is 12.1. The van der Waals surface area contributed by atoms with Crippen LogP contribution in [-0.2, 0) is 12.4 Å². The summed E-state index contributed by atoms with van der Waals surface area (Å²) in [5, 5.41) is 0. The van der Waals surface area contributed by atoms with Gasteiger partial charge in [-0.25, -0.2) is 0 Å². The number of hydrogen-bond donors (Lipinski definition) is 0. The number of para-hydroxylation sites is 1. The van der Waals surface area contributed by atoms with Crippen LogP contribution in [0.1, 0.15) is 21.5 Å². The zero-order chi connectivity index (χ0) is 17.3. The van der Waals surface area contributed by atoms with Crippen LogP contribution in [0.5, 0.6) is 11.5 Å². The topological polar surface area (TPSA) is 26.3 Å². The standard InChI is InChI=1S/C15H8F6O2/c16-14(17,18)11-2-1-3-12(15(19,20)21)13(11)23-10-6-4-9(8-22)5-7-10/h1-8H. The van der Waals surface area contributed by atoms with Crippen LogP contribution in [0.25, 0.3) is 0 Å². The van der Waals surface area contributed by atoms with Crippen LogP contribution in [0.2, 0.25) is 0 Å². The zero-order valence-corrected chi connectivity index (χ0v) is 11.2. The lowest BCUT2D eigenvalue weighted by Gasteiger charge is -2.18. The minimum absolute atomic E-state index is 0.206. The van der Waals surface area contributed by atoms with Crippen molar-refractivity contribution in [3.05, 3.63) is 59.2 Å². The minimum Gasteiger partial charge on any atom is -0.456 e. The largest absolute Gasteiger partial charge is 0.456 e. The SMILES string of the molecule is O=Cc1ccc(Oc2c(C(F)(F)F)cccc2C(F)(F)F)cc1. The number of ether oxygens (including phenoxy) is 1.